The van der Waals surface area contributed by atoms with E-state index in [0.29, 0.717) is 16.8 Å². The van der Waals surface area contributed by atoms with Crippen molar-refractivity contribution in [1.29, 1.82) is 0 Å². The number of rotatable bonds is 6. The molecule has 0 aromatic heterocycles. The standard InChI is InChI=1S/C17H18F2N2O3S/c1-11-4-5-12(2)16(10-11)25(22,23)21-20-13(3)14-6-8-15(9-7-14)24-17(18)19/h4-10,17,21H,1-3H3/b20-13+. The summed E-state index contributed by atoms with van der Waals surface area (Å²) in [6.07, 6.45) is 0. The number of hydrazone groups is 1. The van der Waals surface area contributed by atoms with Gasteiger partial charge in [0.25, 0.3) is 10.0 Å². The SMILES string of the molecule is C/C(=N\NS(=O)(=O)c1cc(C)ccc1C)c1ccc(OC(F)F)cc1. The summed E-state index contributed by atoms with van der Waals surface area (Å²) in [5.41, 5.74) is 2.39. The topological polar surface area (TPSA) is 67.8 Å². The van der Waals surface area contributed by atoms with Crippen LogP contribution in [0, 0.1) is 13.8 Å². The molecule has 0 amide bonds. The fourth-order valence-corrected chi connectivity index (χ4v) is 3.31. The van der Waals surface area contributed by atoms with Crippen LogP contribution < -0.4 is 9.57 Å². The van der Waals surface area contributed by atoms with Crippen LogP contribution in [0.5, 0.6) is 5.75 Å². The lowest BCUT2D eigenvalue weighted by Gasteiger charge is -2.09. The van der Waals surface area contributed by atoms with Gasteiger partial charge in [0, 0.05) is 0 Å². The number of sulfonamides is 1. The van der Waals surface area contributed by atoms with Gasteiger partial charge in [-0.1, -0.05) is 12.1 Å². The highest BCUT2D eigenvalue weighted by atomic mass is 32.2. The maximum Gasteiger partial charge on any atom is 0.387 e. The lowest BCUT2D eigenvalue weighted by Crippen LogP contribution is -2.21. The quantitative estimate of drug-likeness (QED) is 0.626. The smallest absolute Gasteiger partial charge is 0.387 e. The molecule has 2 aromatic rings. The molecule has 2 rings (SSSR count). The van der Waals surface area contributed by atoms with Crippen molar-refractivity contribution in [3.63, 3.8) is 0 Å². The van der Waals surface area contributed by atoms with Crippen LogP contribution in [0.1, 0.15) is 23.6 Å². The van der Waals surface area contributed by atoms with Gasteiger partial charge in [0.1, 0.15) is 5.75 Å². The zero-order valence-corrected chi connectivity index (χ0v) is 14.8. The number of nitrogens with zero attached hydrogens (tertiary/aromatic N) is 1. The molecule has 0 heterocycles. The van der Waals surface area contributed by atoms with Crippen molar-refractivity contribution in [2.75, 3.05) is 0 Å². The van der Waals surface area contributed by atoms with Crippen molar-refractivity contribution < 1.29 is 21.9 Å². The maximum atomic E-state index is 12.4. The average Bonchev–Trinajstić information content (AvgIpc) is 2.55. The number of halogens is 2. The summed E-state index contributed by atoms with van der Waals surface area (Å²) in [5, 5.41) is 3.89. The first-order chi connectivity index (χ1) is 11.7. The lowest BCUT2D eigenvalue weighted by atomic mass is 10.1. The Morgan fingerprint density at radius 2 is 1.76 bits per heavy atom. The number of hydrogen-bond acceptors (Lipinski definition) is 4. The number of hydrogen-bond donors (Lipinski definition) is 1. The molecule has 25 heavy (non-hydrogen) atoms. The van der Waals surface area contributed by atoms with Crippen LogP contribution >= 0.6 is 0 Å². The van der Waals surface area contributed by atoms with E-state index in [1.807, 2.05) is 6.07 Å². The molecular weight excluding hydrogens is 350 g/mol. The first-order valence-corrected chi connectivity index (χ1v) is 8.86. The van der Waals surface area contributed by atoms with E-state index in [1.165, 1.54) is 24.3 Å². The Morgan fingerprint density at radius 1 is 1.12 bits per heavy atom. The average molecular weight is 368 g/mol. The van der Waals surface area contributed by atoms with E-state index >= 15 is 0 Å². The van der Waals surface area contributed by atoms with E-state index in [9.17, 15) is 17.2 Å². The molecule has 0 fully saturated rings. The van der Waals surface area contributed by atoms with Gasteiger partial charge < -0.3 is 4.74 Å². The monoisotopic (exact) mass is 368 g/mol. The number of alkyl halides is 2. The zero-order valence-electron chi connectivity index (χ0n) is 14.0. The van der Waals surface area contributed by atoms with Crippen molar-refractivity contribution in [2.45, 2.75) is 32.3 Å². The first kappa shape index (κ1) is 18.9. The summed E-state index contributed by atoms with van der Waals surface area (Å²) in [6, 6.07) is 10.9. The molecule has 0 atom stereocenters. The Morgan fingerprint density at radius 3 is 2.36 bits per heavy atom. The van der Waals surface area contributed by atoms with Crippen LogP contribution in [0.3, 0.4) is 0 Å². The molecule has 0 radical (unpaired) electrons. The van der Waals surface area contributed by atoms with Crippen molar-refractivity contribution in [1.82, 2.24) is 4.83 Å². The van der Waals surface area contributed by atoms with Crippen LogP contribution in [0.4, 0.5) is 8.78 Å². The second-order valence-corrected chi connectivity index (χ2v) is 7.09. The summed E-state index contributed by atoms with van der Waals surface area (Å²) in [6.45, 7) is 2.21. The minimum absolute atomic E-state index is 0.0162. The molecule has 8 heteroatoms. The van der Waals surface area contributed by atoms with Crippen LogP contribution in [-0.4, -0.2) is 20.7 Å². The van der Waals surface area contributed by atoms with Gasteiger partial charge in [-0.2, -0.15) is 27.1 Å². The van der Waals surface area contributed by atoms with Gasteiger partial charge in [-0.3, -0.25) is 0 Å². The molecule has 0 bridgehead atoms. The van der Waals surface area contributed by atoms with Gasteiger partial charge in [0.15, 0.2) is 0 Å². The van der Waals surface area contributed by atoms with E-state index in [1.54, 1.807) is 32.9 Å². The molecule has 2 aromatic carbocycles. The summed E-state index contributed by atoms with van der Waals surface area (Å²) >= 11 is 0. The summed E-state index contributed by atoms with van der Waals surface area (Å²) in [7, 11) is -3.80. The van der Waals surface area contributed by atoms with Crippen LogP contribution in [-0.2, 0) is 10.0 Å². The zero-order chi connectivity index (χ0) is 18.6. The van der Waals surface area contributed by atoms with Gasteiger partial charge in [0.2, 0.25) is 0 Å². The van der Waals surface area contributed by atoms with Crippen molar-refractivity contribution in [3.8, 4) is 5.75 Å². The second kappa shape index (κ2) is 7.60. The molecule has 134 valence electrons. The summed E-state index contributed by atoms with van der Waals surface area (Å²) < 4.78 is 53.3. The summed E-state index contributed by atoms with van der Waals surface area (Å²) in [4.78, 5) is 2.35. The van der Waals surface area contributed by atoms with Crippen molar-refractivity contribution >= 4 is 15.7 Å². The molecule has 0 saturated carbocycles. The van der Waals surface area contributed by atoms with Gasteiger partial charge >= 0.3 is 6.61 Å². The Bertz CT molecular complexity index is 879. The largest absolute Gasteiger partial charge is 0.435 e. The van der Waals surface area contributed by atoms with E-state index in [0.717, 1.165) is 5.56 Å². The Hall–Kier alpha value is -2.48. The Balaban J connectivity index is 2.18. The number of aryl methyl sites for hydroxylation is 2. The predicted molar refractivity (Wildman–Crippen MR) is 91.5 cm³/mol. The molecular formula is C17H18F2N2O3S. The Kier molecular flexibility index (Phi) is 5.73. The molecule has 1 N–H and O–H groups in total. The molecule has 0 saturated heterocycles. The highest BCUT2D eigenvalue weighted by Gasteiger charge is 2.16. The number of nitrogens with one attached hydrogen (secondary N) is 1. The highest BCUT2D eigenvalue weighted by Crippen LogP contribution is 2.17. The minimum Gasteiger partial charge on any atom is -0.435 e. The third-order valence-corrected chi connectivity index (χ3v) is 4.81. The minimum atomic E-state index is -3.80. The van der Waals surface area contributed by atoms with Gasteiger partial charge in [0.05, 0.1) is 10.6 Å². The maximum absolute atomic E-state index is 12.4. The summed E-state index contributed by atoms with van der Waals surface area (Å²) in [5.74, 6) is 0.0162. The highest BCUT2D eigenvalue weighted by molar-refractivity contribution is 7.89. The fraction of sp³-hybridized carbons (Fsp3) is 0.235. The van der Waals surface area contributed by atoms with Gasteiger partial charge in [-0.05, 0) is 67.8 Å². The lowest BCUT2D eigenvalue weighted by molar-refractivity contribution is -0.0498. The Labute approximate surface area is 145 Å². The van der Waals surface area contributed by atoms with Crippen LogP contribution in [0.2, 0.25) is 0 Å². The van der Waals surface area contributed by atoms with Crippen LogP contribution in [0.15, 0.2) is 52.5 Å². The van der Waals surface area contributed by atoms with E-state index < -0.39 is 16.6 Å². The van der Waals surface area contributed by atoms with E-state index in [4.69, 9.17) is 0 Å². The fourth-order valence-electron chi connectivity index (χ4n) is 2.12. The number of benzene rings is 2. The normalized spacial score (nSPS) is 12.3. The van der Waals surface area contributed by atoms with Gasteiger partial charge in [-0.15, -0.1) is 0 Å². The first-order valence-electron chi connectivity index (χ1n) is 7.37. The molecule has 0 aliphatic carbocycles. The molecule has 0 aliphatic heterocycles. The van der Waals surface area contributed by atoms with Crippen molar-refractivity contribution in [2.24, 2.45) is 5.10 Å². The molecule has 0 spiro atoms. The van der Waals surface area contributed by atoms with E-state index in [-0.39, 0.29) is 10.6 Å². The van der Waals surface area contributed by atoms with Crippen LogP contribution in [0.25, 0.3) is 0 Å². The van der Waals surface area contributed by atoms with Crippen molar-refractivity contribution in [3.05, 3.63) is 59.2 Å². The molecule has 5 nitrogen and oxygen atoms in total. The second-order valence-electron chi connectivity index (χ2n) is 5.46. The molecule has 0 aliphatic rings. The van der Waals surface area contributed by atoms with E-state index in [2.05, 4.69) is 14.7 Å². The predicted octanol–water partition coefficient (Wildman–Crippen LogP) is 3.61. The van der Waals surface area contributed by atoms with Gasteiger partial charge in [-0.25, -0.2) is 0 Å². The number of ether oxygens (including phenoxy) is 1. The molecule has 0 unspecified atom stereocenters. The third-order valence-electron chi connectivity index (χ3n) is 3.46. The third kappa shape index (κ3) is 4.99.